The Morgan fingerprint density at radius 1 is 1.00 bits per heavy atom. The summed E-state index contributed by atoms with van der Waals surface area (Å²) in [5, 5.41) is 0. The lowest BCUT2D eigenvalue weighted by molar-refractivity contribution is -0.154. The average molecular weight is 286 g/mol. The summed E-state index contributed by atoms with van der Waals surface area (Å²) < 4.78 is 20.1. The minimum atomic E-state index is -2.83. The number of benzene rings is 2. The van der Waals surface area contributed by atoms with Crippen LogP contribution in [0, 0.1) is 0 Å². The van der Waals surface area contributed by atoms with Gasteiger partial charge in [0.1, 0.15) is 0 Å². The van der Waals surface area contributed by atoms with Gasteiger partial charge in [0.25, 0.3) is 5.67 Å². The summed E-state index contributed by atoms with van der Waals surface area (Å²) in [6.07, 6.45) is 0. The van der Waals surface area contributed by atoms with Crippen molar-refractivity contribution in [2.75, 3.05) is 6.61 Å². The molecule has 0 N–H and O–H groups in total. The zero-order valence-electron chi connectivity index (χ0n) is 11.6. The van der Waals surface area contributed by atoms with Crippen LogP contribution in [0.25, 0.3) is 0 Å². The van der Waals surface area contributed by atoms with Gasteiger partial charge in [0, 0.05) is 11.1 Å². The van der Waals surface area contributed by atoms with Gasteiger partial charge in [-0.15, -0.1) is 0 Å². The highest BCUT2D eigenvalue weighted by Crippen LogP contribution is 2.32. The Kier molecular flexibility index (Phi) is 4.48. The van der Waals surface area contributed by atoms with E-state index in [4.69, 9.17) is 4.74 Å². The third-order valence-corrected chi connectivity index (χ3v) is 3.08. The fourth-order valence-electron chi connectivity index (χ4n) is 2.03. The molecule has 0 aromatic heterocycles. The topological polar surface area (TPSA) is 43.4 Å². The molecule has 108 valence electrons. The highest BCUT2D eigenvalue weighted by Gasteiger charge is 2.50. The van der Waals surface area contributed by atoms with Crippen molar-refractivity contribution in [3.63, 3.8) is 0 Å². The van der Waals surface area contributed by atoms with Gasteiger partial charge in [0.05, 0.1) is 6.61 Å². The number of Topliss-reactive ketones (excluding diaryl/α,β-unsaturated/α-hetero) is 1. The minimum absolute atomic E-state index is 0.000589. The van der Waals surface area contributed by atoms with E-state index in [0.29, 0.717) is 0 Å². The predicted octanol–water partition coefficient (Wildman–Crippen LogP) is 3.30. The highest BCUT2D eigenvalue weighted by molar-refractivity contribution is 6.15. The van der Waals surface area contributed by atoms with E-state index < -0.39 is 17.4 Å². The SMILES string of the molecule is CCOC(=O)C(F)(C(=O)c1ccccc1)c1ccccc1. The summed E-state index contributed by atoms with van der Waals surface area (Å²) in [7, 11) is 0. The molecule has 3 nitrogen and oxygen atoms in total. The molecule has 0 amide bonds. The van der Waals surface area contributed by atoms with Crippen LogP contribution in [0.3, 0.4) is 0 Å². The van der Waals surface area contributed by atoms with Crippen molar-refractivity contribution in [1.29, 1.82) is 0 Å². The number of carbonyl (C=O) groups excluding carboxylic acids is 2. The molecule has 0 aliphatic heterocycles. The van der Waals surface area contributed by atoms with Gasteiger partial charge in [0.2, 0.25) is 5.78 Å². The van der Waals surface area contributed by atoms with E-state index in [2.05, 4.69) is 0 Å². The van der Waals surface area contributed by atoms with Crippen LogP contribution in [0.2, 0.25) is 0 Å². The van der Waals surface area contributed by atoms with E-state index in [1.54, 1.807) is 43.3 Å². The summed E-state index contributed by atoms with van der Waals surface area (Å²) in [5.74, 6) is -2.11. The molecule has 2 rings (SSSR count). The van der Waals surface area contributed by atoms with E-state index in [0.717, 1.165) is 0 Å². The monoisotopic (exact) mass is 286 g/mol. The predicted molar refractivity (Wildman–Crippen MR) is 76.6 cm³/mol. The largest absolute Gasteiger partial charge is 0.463 e. The third kappa shape index (κ3) is 2.84. The molecule has 2 aromatic carbocycles. The number of ether oxygens (including phenoxy) is 1. The van der Waals surface area contributed by atoms with Crippen molar-refractivity contribution in [2.45, 2.75) is 12.6 Å². The maximum atomic E-state index is 15.4. The van der Waals surface area contributed by atoms with E-state index >= 15 is 4.39 Å². The van der Waals surface area contributed by atoms with Crippen LogP contribution in [0.5, 0.6) is 0 Å². The highest BCUT2D eigenvalue weighted by atomic mass is 19.1. The Bertz CT molecular complexity index is 625. The van der Waals surface area contributed by atoms with Gasteiger partial charge in [-0.05, 0) is 6.92 Å². The number of alkyl halides is 1. The first kappa shape index (κ1) is 14.9. The summed E-state index contributed by atoms with van der Waals surface area (Å²) in [6.45, 7) is 1.57. The molecule has 4 heteroatoms. The van der Waals surface area contributed by atoms with Crippen molar-refractivity contribution in [2.24, 2.45) is 0 Å². The molecule has 0 bridgehead atoms. The molecular formula is C17H15FO3. The van der Waals surface area contributed by atoms with Gasteiger partial charge in [-0.25, -0.2) is 9.18 Å². The lowest BCUT2D eigenvalue weighted by Crippen LogP contribution is -2.41. The van der Waals surface area contributed by atoms with Gasteiger partial charge < -0.3 is 4.74 Å². The van der Waals surface area contributed by atoms with E-state index in [1.165, 1.54) is 24.3 Å². The number of esters is 1. The lowest BCUT2D eigenvalue weighted by Gasteiger charge is -2.22. The fraction of sp³-hybridized carbons (Fsp3) is 0.176. The molecule has 0 fully saturated rings. The van der Waals surface area contributed by atoms with Crippen LogP contribution in [0.15, 0.2) is 60.7 Å². The molecule has 0 aliphatic carbocycles. The van der Waals surface area contributed by atoms with E-state index in [-0.39, 0.29) is 17.7 Å². The number of hydrogen-bond acceptors (Lipinski definition) is 3. The second kappa shape index (κ2) is 6.31. The molecule has 0 spiro atoms. The first-order valence-electron chi connectivity index (χ1n) is 6.62. The van der Waals surface area contributed by atoms with Crippen LogP contribution in [-0.4, -0.2) is 18.4 Å². The molecule has 1 atom stereocenters. The number of halogens is 1. The van der Waals surface area contributed by atoms with Gasteiger partial charge in [-0.2, -0.15) is 0 Å². The average Bonchev–Trinajstić information content (AvgIpc) is 2.55. The Balaban J connectivity index is 2.51. The second-order valence-electron chi connectivity index (χ2n) is 4.44. The first-order valence-corrected chi connectivity index (χ1v) is 6.62. The van der Waals surface area contributed by atoms with Crippen LogP contribution in [0.4, 0.5) is 4.39 Å². The van der Waals surface area contributed by atoms with E-state index in [1.807, 2.05) is 0 Å². The first-order chi connectivity index (χ1) is 10.1. The Labute approximate surface area is 122 Å². The second-order valence-corrected chi connectivity index (χ2v) is 4.44. The minimum Gasteiger partial charge on any atom is -0.463 e. The Morgan fingerprint density at radius 3 is 2.05 bits per heavy atom. The molecule has 0 radical (unpaired) electrons. The number of hydrogen-bond donors (Lipinski definition) is 0. The Hall–Kier alpha value is -2.49. The summed E-state index contributed by atoms with van der Waals surface area (Å²) in [5.41, 5.74) is -2.74. The molecule has 2 aromatic rings. The number of rotatable bonds is 5. The number of ketones is 1. The maximum absolute atomic E-state index is 15.4. The standard InChI is InChI=1S/C17H15FO3/c1-2-21-16(20)17(18,14-11-7-4-8-12-14)15(19)13-9-5-3-6-10-13/h3-12H,2H2,1H3. The van der Waals surface area contributed by atoms with Crippen molar-refractivity contribution in [3.8, 4) is 0 Å². The maximum Gasteiger partial charge on any atom is 0.356 e. The van der Waals surface area contributed by atoms with Crippen LogP contribution >= 0.6 is 0 Å². The number of carbonyl (C=O) groups is 2. The zero-order chi connectivity index (χ0) is 15.3. The van der Waals surface area contributed by atoms with Gasteiger partial charge >= 0.3 is 5.97 Å². The van der Waals surface area contributed by atoms with Gasteiger partial charge in [-0.3, -0.25) is 4.79 Å². The van der Waals surface area contributed by atoms with Gasteiger partial charge in [-0.1, -0.05) is 60.7 Å². The van der Waals surface area contributed by atoms with Crippen molar-refractivity contribution < 1.29 is 18.7 Å². The van der Waals surface area contributed by atoms with Crippen molar-refractivity contribution in [3.05, 3.63) is 71.8 Å². The lowest BCUT2D eigenvalue weighted by atomic mass is 9.87. The van der Waals surface area contributed by atoms with Crippen molar-refractivity contribution >= 4 is 11.8 Å². The summed E-state index contributed by atoms with van der Waals surface area (Å²) >= 11 is 0. The molecule has 0 heterocycles. The molecule has 0 saturated heterocycles. The summed E-state index contributed by atoms with van der Waals surface area (Å²) in [4.78, 5) is 24.6. The van der Waals surface area contributed by atoms with Crippen LogP contribution in [0.1, 0.15) is 22.8 Å². The molecule has 1 unspecified atom stereocenters. The molecule has 0 saturated carbocycles. The Morgan fingerprint density at radius 2 is 1.52 bits per heavy atom. The smallest absolute Gasteiger partial charge is 0.356 e. The third-order valence-electron chi connectivity index (χ3n) is 3.08. The molecule has 21 heavy (non-hydrogen) atoms. The normalized spacial score (nSPS) is 13.2. The quantitative estimate of drug-likeness (QED) is 0.481. The molecule has 0 aliphatic rings. The van der Waals surface area contributed by atoms with Gasteiger partial charge in [0.15, 0.2) is 0 Å². The van der Waals surface area contributed by atoms with Crippen LogP contribution < -0.4 is 0 Å². The fourth-order valence-corrected chi connectivity index (χ4v) is 2.03. The van der Waals surface area contributed by atoms with Crippen molar-refractivity contribution in [1.82, 2.24) is 0 Å². The molecular weight excluding hydrogens is 271 g/mol. The van der Waals surface area contributed by atoms with Crippen LogP contribution in [-0.2, 0) is 15.2 Å². The zero-order valence-corrected chi connectivity index (χ0v) is 11.6. The summed E-state index contributed by atoms with van der Waals surface area (Å²) in [6, 6.07) is 15.5. The van der Waals surface area contributed by atoms with E-state index in [9.17, 15) is 9.59 Å².